The van der Waals surface area contributed by atoms with Crippen molar-refractivity contribution in [2.75, 3.05) is 20.2 Å². The summed E-state index contributed by atoms with van der Waals surface area (Å²) < 4.78 is 40.3. The number of fused-ring (bicyclic) bond motifs is 1. The second kappa shape index (κ2) is 7.72. The van der Waals surface area contributed by atoms with Gasteiger partial charge in [-0.3, -0.25) is 0 Å². The average molecular weight is 427 g/mol. The molecular weight excluding hydrogens is 404 g/mol. The zero-order valence-corrected chi connectivity index (χ0v) is 17.2. The maximum Gasteiger partial charge on any atom is 0.218 e. The first-order chi connectivity index (χ1) is 13.4. The van der Waals surface area contributed by atoms with Crippen LogP contribution in [0.2, 0.25) is 5.02 Å². The van der Waals surface area contributed by atoms with Gasteiger partial charge >= 0.3 is 0 Å². The van der Waals surface area contributed by atoms with Crippen molar-refractivity contribution in [2.45, 2.75) is 44.0 Å². The molecule has 0 N–H and O–H groups in total. The molecule has 3 heterocycles. The molecule has 0 amide bonds. The lowest BCUT2D eigenvalue weighted by molar-refractivity contribution is -0.117. The van der Waals surface area contributed by atoms with Gasteiger partial charge in [-0.05, 0) is 30.5 Å². The number of methoxy groups -OCH3 is 1. The van der Waals surface area contributed by atoms with Gasteiger partial charge in [-0.25, -0.2) is 17.4 Å². The summed E-state index contributed by atoms with van der Waals surface area (Å²) >= 11 is 5.88. The molecule has 152 valence electrons. The minimum Gasteiger partial charge on any atom is -0.378 e. The molecule has 1 fully saturated rings. The van der Waals surface area contributed by atoms with Gasteiger partial charge in [-0.15, -0.1) is 5.10 Å². The van der Waals surface area contributed by atoms with Crippen molar-refractivity contribution in [3.63, 3.8) is 0 Å². The molecule has 1 aromatic heterocycles. The van der Waals surface area contributed by atoms with Gasteiger partial charge in [0.15, 0.2) is 0 Å². The van der Waals surface area contributed by atoms with E-state index in [-0.39, 0.29) is 5.75 Å². The van der Waals surface area contributed by atoms with Crippen molar-refractivity contribution in [2.24, 2.45) is 0 Å². The Balaban J connectivity index is 1.40. The van der Waals surface area contributed by atoms with Crippen LogP contribution < -0.4 is 0 Å². The van der Waals surface area contributed by atoms with E-state index < -0.39 is 15.6 Å². The van der Waals surface area contributed by atoms with Crippen LogP contribution in [-0.4, -0.2) is 53.5 Å². The minimum absolute atomic E-state index is 0.0222. The highest BCUT2D eigenvalue weighted by atomic mass is 35.5. The zero-order chi connectivity index (χ0) is 19.8. The molecule has 0 radical (unpaired) electrons. The van der Waals surface area contributed by atoms with E-state index in [1.807, 2.05) is 4.68 Å². The molecule has 2 aliphatic heterocycles. The lowest BCUT2D eigenvalue weighted by Gasteiger charge is -2.43. The smallest absolute Gasteiger partial charge is 0.218 e. The van der Waals surface area contributed by atoms with Gasteiger partial charge in [-0.1, -0.05) is 28.9 Å². The summed E-state index contributed by atoms with van der Waals surface area (Å²) in [5.41, 5.74) is 2.07. The topological polar surface area (TPSA) is 86.6 Å². The van der Waals surface area contributed by atoms with Crippen LogP contribution in [0.15, 0.2) is 24.3 Å². The van der Waals surface area contributed by atoms with Crippen molar-refractivity contribution in [1.82, 2.24) is 19.3 Å². The maximum atomic E-state index is 12.8. The Labute approximate surface area is 169 Å². The fraction of sp³-hybridized carbons (Fsp3) is 0.556. The van der Waals surface area contributed by atoms with Gasteiger partial charge in [0.1, 0.15) is 5.69 Å². The van der Waals surface area contributed by atoms with Crippen LogP contribution >= 0.6 is 11.6 Å². The molecule has 1 spiro atoms. The molecule has 10 heteroatoms. The van der Waals surface area contributed by atoms with Crippen molar-refractivity contribution in [1.29, 1.82) is 0 Å². The number of benzene rings is 1. The number of sulfonamides is 1. The first-order valence-electron chi connectivity index (χ1n) is 9.17. The molecule has 0 bridgehead atoms. The van der Waals surface area contributed by atoms with Crippen LogP contribution in [-0.2, 0) is 45.0 Å². The molecule has 0 unspecified atom stereocenters. The van der Waals surface area contributed by atoms with E-state index in [0.29, 0.717) is 50.7 Å². The summed E-state index contributed by atoms with van der Waals surface area (Å²) in [5.74, 6) is -0.0222. The number of ether oxygens (including phenoxy) is 2. The third-order valence-electron chi connectivity index (χ3n) is 5.44. The highest BCUT2D eigenvalue weighted by Crippen LogP contribution is 2.34. The van der Waals surface area contributed by atoms with E-state index >= 15 is 0 Å². The number of aromatic nitrogens is 3. The van der Waals surface area contributed by atoms with Gasteiger partial charge < -0.3 is 9.47 Å². The van der Waals surface area contributed by atoms with Gasteiger partial charge in [0.2, 0.25) is 10.0 Å². The SMILES string of the molecule is COCc1nnn2c1COC1(CCN(S(=O)(=O)Cc3ccc(Cl)cc3)CC1)C2. The standard InChI is InChI=1S/C18H23ClN4O4S/c1-26-10-16-17-11-27-18(13-23(17)21-20-16)6-8-22(9-7-18)28(24,25)12-14-2-4-15(19)5-3-14/h2-5H,6-13H2,1H3. The highest BCUT2D eigenvalue weighted by molar-refractivity contribution is 7.88. The van der Waals surface area contributed by atoms with Crippen LogP contribution in [0.1, 0.15) is 29.8 Å². The molecule has 4 rings (SSSR count). The van der Waals surface area contributed by atoms with Crippen molar-refractivity contribution in [3.05, 3.63) is 46.2 Å². The van der Waals surface area contributed by atoms with Gasteiger partial charge in [0, 0.05) is 25.2 Å². The van der Waals surface area contributed by atoms with E-state index in [1.165, 1.54) is 0 Å². The summed E-state index contributed by atoms with van der Waals surface area (Å²) in [6, 6.07) is 6.92. The number of nitrogens with zero attached hydrogens (tertiary/aromatic N) is 4. The third-order valence-corrected chi connectivity index (χ3v) is 7.54. The molecule has 2 aromatic rings. The Morgan fingerprint density at radius 2 is 1.96 bits per heavy atom. The molecule has 28 heavy (non-hydrogen) atoms. The number of rotatable bonds is 5. The molecule has 0 aliphatic carbocycles. The van der Waals surface area contributed by atoms with Crippen molar-refractivity contribution < 1.29 is 17.9 Å². The van der Waals surface area contributed by atoms with E-state index in [2.05, 4.69) is 10.3 Å². The zero-order valence-electron chi connectivity index (χ0n) is 15.7. The maximum absolute atomic E-state index is 12.8. The fourth-order valence-electron chi connectivity index (χ4n) is 3.80. The fourth-order valence-corrected chi connectivity index (χ4v) is 5.46. The van der Waals surface area contributed by atoms with Crippen LogP contribution in [0.5, 0.6) is 0 Å². The van der Waals surface area contributed by atoms with Crippen molar-refractivity contribution in [3.8, 4) is 0 Å². The predicted molar refractivity (Wildman–Crippen MR) is 103 cm³/mol. The van der Waals surface area contributed by atoms with Gasteiger partial charge in [-0.2, -0.15) is 0 Å². The number of hydrogen-bond donors (Lipinski definition) is 0. The Kier molecular flexibility index (Phi) is 5.45. The van der Waals surface area contributed by atoms with E-state index in [1.54, 1.807) is 35.7 Å². The second-order valence-corrected chi connectivity index (χ2v) is 9.73. The molecule has 8 nitrogen and oxygen atoms in total. The lowest BCUT2D eigenvalue weighted by atomic mass is 9.91. The molecular formula is C18H23ClN4O4S. The number of hydrogen-bond acceptors (Lipinski definition) is 6. The molecule has 1 saturated heterocycles. The third kappa shape index (κ3) is 3.95. The first-order valence-corrected chi connectivity index (χ1v) is 11.2. The number of halogens is 1. The molecule has 0 atom stereocenters. The monoisotopic (exact) mass is 426 g/mol. The van der Waals surface area contributed by atoms with Gasteiger partial charge in [0.05, 0.1) is 36.8 Å². The molecule has 0 saturated carbocycles. The summed E-state index contributed by atoms with van der Waals surface area (Å²) in [6.45, 7) is 2.28. The molecule has 2 aliphatic rings. The summed E-state index contributed by atoms with van der Waals surface area (Å²) in [4.78, 5) is 0. The minimum atomic E-state index is -3.38. The van der Waals surface area contributed by atoms with Crippen molar-refractivity contribution >= 4 is 21.6 Å². The van der Waals surface area contributed by atoms with Gasteiger partial charge in [0.25, 0.3) is 0 Å². The Morgan fingerprint density at radius 3 is 2.64 bits per heavy atom. The first kappa shape index (κ1) is 19.8. The summed E-state index contributed by atoms with van der Waals surface area (Å²) in [6.07, 6.45) is 1.26. The van der Waals surface area contributed by atoms with Crippen LogP contribution in [0.3, 0.4) is 0 Å². The Hall–Kier alpha value is -1.52. The molecule has 1 aromatic carbocycles. The van der Waals surface area contributed by atoms with E-state index in [0.717, 1.165) is 17.0 Å². The highest BCUT2D eigenvalue weighted by Gasteiger charge is 2.42. The summed E-state index contributed by atoms with van der Waals surface area (Å²) in [7, 11) is -1.76. The Morgan fingerprint density at radius 1 is 1.25 bits per heavy atom. The van der Waals surface area contributed by atoms with Crippen LogP contribution in [0, 0.1) is 0 Å². The normalized spacial score (nSPS) is 19.6. The van der Waals surface area contributed by atoms with Crippen LogP contribution in [0.25, 0.3) is 0 Å². The van der Waals surface area contributed by atoms with E-state index in [9.17, 15) is 8.42 Å². The van der Waals surface area contributed by atoms with E-state index in [4.69, 9.17) is 21.1 Å². The second-order valence-electron chi connectivity index (χ2n) is 7.33. The summed E-state index contributed by atoms with van der Waals surface area (Å²) in [5, 5.41) is 8.98. The quantitative estimate of drug-likeness (QED) is 0.726. The lowest BCUT2D eigenvalue weighted by Crippen LogP contribution is -2.52. The number of piperidine rings is 1. The average Bonchev–Trinajstić information content (AvgIpc) is 3.06. The Bertz CT molecular complexity index is 937. The van der Waals surface area contributed by atoms with Crippen LogP contribution in [0.4, 0.5) is 0 Å². The predicted octanol–water partition coefficient (Wildman–Crippen LogP) is 1.97. The largest absolute Gasteiger partial charge is 0.378 e.